The molecular weight excluding hydrogens is 489 g/mol. The van der Waals surface area contributed by atoms with Gasteiger partial charge in [-0.2, -0.15) is 0 Å². The predicted octanol–water partition coefficient (Wildman–Crippen LogP) is 3.46. The third-order valence-corrected chi connectivity index (χ3v) is 5.28. The van der Waals surface area contributed by atoms with E-state index in [-0.39, 0.29) is 24.0 Å². The number of ether oxygens (including phenoxy) is 1. The van der Waals surface area contributed by atoms with Gasteiger partial charge in [-0.25, -0.2) is 4.99 Å². The summed E-state index contributed by atoms with van der Waals surface area (Å²) >= 11 is 0. The maximum absolute atomic E-state index is 5.65. The summed E-state index contributed by atoms with van der Waals surface area (Å²) in [6.07, 6.45) is 2.40. The molecule has 2 aromatic rings. The van der Waals surface area contributed by atoms with Crippen LogP contribution in [-0.4, -0.2) is 59.7 Å². The minimum atomic E-state index is 0. The quantitative estimate of drug-likeness (QED) is 0.342. The Hall–Kier alpha value is -1.58. The first-order valence-electron chi connectivity index (χ1n) is 10.6. The van der Waals surface area contributed by atoms with E-state index >= 15 is 0 Å². The zero-order chi connectivity index (χ0) is 20.6. The van der Waals surface area contributed by atoms with E-state index in [2.05, 4.69) is 90.2 Å². The third-order valence-electron chi connectivity index (χ3n) is 5.28. The summed E-state index contributed by atoms with van der Waals surface area (Å²) in [5.74, 6) is 0.932. The van der Waals surface area contributed by atoms with E-state index in [1.54, 1.807) is 0 Å². The molecule has 1 atom stereocenters. The molecule has 1 unspecified atom stereocenters. The first-order chi connectivity index (χ1) is 14.0. The molecule has 7 heteroatoms. The van der Waals surface area contributed by atoms with Crippen LogP contribution in [0, 0.1) is 0 Å². The van der Waals surface area contributed by atoms with Gasteiger partial charge < -0.3 is 19.5 Å². The maximum atomic E-state index is 5.65. The molecule has 1 aliphatic rings. The summed E-state index contributed by atoms with van der Waals surface area (Å²) in [4.78, 5) is 9.53. The van der Waals surface area contributed by atoms with E-state index in [9.17, 15) is 0 Å². The smallest absolute Gasteiger partial charge is 0.194 e. The van der Waals surface area contributed by atoms with Crippen molar-refractivity contribution in [1.29, 1.82) is 0 Å². The van der Waals surface area contributed by atoms with Crippen LogP contribution >= 0.6 is 24.0 Å². The number of aromatic nitrogens is 1. The summed E-state index contributed by atoms with van der Waals surface area (Å²) in [5, 5.41) is 3.41. The number of benzene rings is 1. The number of aliphatic imine (C=N–C) groups is 1. The summed E-state index contributed by atoms with van der Waals surface area (Å²) in [6, 6.07) is 13.0. The molecule has 166 valence electrons. The van der Waals surface area contributed by atoms with Crippen LogP contribution in [0.1, 0.15) is 30.7 Å². The SMILES string of the molecule is CCNC(=NCc1cccc(CN2CCOC(C)C2)c1)N(C)Cc1cccn1C.I. The third kappa shape index (κ3) is 7.28. The van der Waals surface area contributed by atoms with Crippen molar-refractivity contribution in [2.24, 2.45) is 12.0 Å². The second kappa shape index (κ2) is 12.3. The molecule has 3 rings (SSSR count). The van der Waals surface area contributed by atoms with Crippen molar-refractivity contribution >= 4 is 29.9 Å². The fourth-order valence-corrected chi connectivity index (χ4v) is 3.73. The summed E-state index contributed by atoms with van der Waals surface area (Å²) in [5.41, 5.74) is 3.85. The number of guanidine groups is 1. The highest BCUT2D eigenvalue weighted by atomic mass is 127. The van der Waals surface area contributed by atoms with Crippen LogP contribution < -0.4 is 5.32 Å². The largest absolute Gasteiger partial charge is 0.376 e. The number of hydrogen-bond donors (Lipinski definition) is 1. The molecule has 0 spiro atoms. The molecule has 1 aliphatic heterocycles. The second-order valence-corrected chi connectivity index (χ2v) is 7.87. The Bertz CT molecular complexity index is 806. The lowest BCUT2D eigenvalue weighted by Crippen LogP contribution is -2.40. The van der Waals surface area contributed by atoms with Gasteiger partial charge in [0, 0.05) is 52.2 Å². The number of nitrogens with zero attached hydrogens (tertiary/aromatic N) is 4. The molecule has 1 saturated heterocycles. The molecule has 2 heterocycles. The van der Waals surface area contributed by atoms with Gasteiger partial charge in [-0.3, -0.25) is 4.90 Å². The van der Waals surface area contributed by atoms with Crippen molar-refractivity contribution in [2.75, 3.05) is 33.3 Å². The maximum Gasteiger partial charge on any atom is 0.194 e. The lowest BCUT2D eigenvalue weighted by atomic mass is 10.1. The monoisotopic (exact) mass is 525 g/mol. The zero-order valence-corrected chi connectivity index (χ0v) is 21.0. The van der Waals surface area contributed by atoms with Gasteiger partial charge in [-0.15, -0.1) is 24.0 Å². The van der Waals surface area contributed by atoms with Crippen LogP contribution in [0.5, 0.6) is 0 Å². The van der Waals surface area contributed by atoms with Crippen LogP contribution in [0.15, 0.2) is 47.6 Å². The van der Waals surface area contributed by atoms with E-state index < -0.39 is 0 Å². The summed E-state index contributed by atoms with van der Waals surface area (Å²) in [7, 11) is 4.17. The van der Waals surface area contributed by atoms with Gasteiger partial charge in [0.05, 0.1) is 25.8 Å². The number of nitrogens with one attached hydrogen (secondary N) is 1. The van der Waals surface area contributed by atoms with Crippen LogP contribution in [0.3, 0.4) is 0 Å². The highest BCUT2D eigenvalue weighted by Crippen LogP contribution is 2.13. The predicted molar refractivity (Wildman–Crippen MR) is 134 cm³/mol. The molecule has 30 heavy (non-hydrogen) atoms. The van der Waals surface area contributed by atoms with Crippen molar-refractivity contribution in [3.8, 4) is 0 Å². The van der Waals surface area contributed by atoms with Crippen LogP contribution in [0.25, 0.3) is 0 Å². The minimum Gasteiger partial charge on any atom is -0.376 e. The number of hydrogen-bond acceptors (Lipinski definition) is 3. The Morgan fingerprint density at radius 1 is 1.27 bits per heavy atom. The van der Waals surface area contributed by atoms with Gasteiger partial charge in [-0.05, 0) is 37.1 Å². The minimum absolute atomic E-state index is 0. The molecule has 1 aromatic heterocycles. The molecule has 6 nitrogen and oxygen atoms in total. The van der Waals surface area contributed by atoms with Gasteiger partial charge in [0.1, 0.15) is 0 Å². The van der Waals surface area contributed by atoms with Gasteiger partial charge in [0.2, 0.25) is 0 Å². The zero-order valence-electron chi connectivity index (χ0n) is 18.7. The Labute approximate surface area is 198 Å². The first kappa shape index (κ1) is 24.7. The second-order valence-electron chi connectivity index (χ2n) is 7.87. The Balaban J connectivity index is 0.00000320. The Morgan fingerprint density at radius 3 is 2.77 bits per heavy atom. The lowest BCUT2D eigenvalue weighted by Gasteiger charge is -2.31. The first-order valence-corrected chi connectivity index (χ1v) is 10.6. The topological polar surface area (TPSA) is 45.0 Å². The van der Waals surface area contributed by atoms with E-state index in [1.165, 1.54) is 16.8 Å². The molecule has 1 N–H and O–H groups in total. The summed E-state index contributed by atoms with van der Waals surface area (Å²) < 4.78 is 7.80. The molecule has 1 fully saturated rings. The average Bonchev–Trinajstić information content (AvgIpc) is 3.10. The number of rotatable bonds is 7. The standard InChI is InChI=1S/C23H35N5O.HI/c1-5-24-23(27(4)18-22-10-7-11-26(22)3)25-15-20-8-6-9-21(14-20)17-28-12-13-29-19(2)16-28;/h6-11,14,19H,5,12-13,15-18H2,1-4H3,(H,24,25);1H. The van der Waals surface area contributed by atoms with Gasteiger partial charge >= 0.3 is 0 Å². The van der Waals surface area contributed by atoms with Crippen molar-refractivity contribution in [3.63, 3.8) is 0 Å². The van der Waals surface area contributed by atoms with Crippen LogP contribution in [0.4, 0.5) is 0 Å². The van der Waals surface area contributed by atoms with Crippen LogP contribution in [-0.2, 0) is 31.4 Å². The van der Waals surface area contributed by atoms with Crippen molar-refractivity contribution in [2.45, 2.75) is 39.6 Å². The number of halogens is 1. The van der Waals surface area contributed by atoms with E-state index in [1.807, 2.05) is 0 Å². The lowest BCUT2D eigenvalue weighted by molar-refractivity contribution is -0.0212. The normalized spacial score (nSPS) is 17.5. The van der Waals surface area contributed by atoms with Crippen molar-refractivity contribution < 1.29 is 4.74 Å². The molecule has 0 radical (unpaired) electrons. The number of morpholine rings is 1. The van der Waals surface area contributed by atoms with Gasteiger partial charge in [-0.1, -0.05) is 24.3 Å². The molecular formula is C23H36IN5O. The van der Waals surface area contributed by atoms with Gasteiger partial charge in [0.15, 0.2) is 5.96 Å². The molecule has 0 saturated carbocycles. The van der Waals surface area contributed by atoms with Crippen molar-refractivity contribution in [1.82, 2.24) is 19.7 Å². The highest BCUT2D eigenvalue weighted by molar-refractivity contribution is 14.0. The Morgan fingerprint density at radius 2 is 2.07 bits per heavy atom. The molecule has 0 amide bonds. The highest BCUT2D eigenvalue weighted by Gasteiger charge is 2.16. The Kier molecular flexibility index (Phi) is 10.1. The molecule has 0 aliphatic carbocycles. The van der Waals surface area contributed by atoms with Crippen molar-refractivity contribution in [3.05, 3.63) is 59.4 Å². The van der Waals surface area contributed by atoms with Gasteiger partial charge in [0.25, 0.3) is 0 Å². The van der Waals surface area contributed by atoms with E-state index in [0.29, 0.717) is 12.6 Å². The number of aryl methyl sites for hydroxylation is 1. The van der Waals surface area contributed by atoms with E-state index in [0.717, 1.165) is 45.3 Å². The molecule has 1 aromatic carbocycles. The van der Waals surface area contributed by atoms with E-state index in [4.69, 9.17) is 9.73 Å². The van der Waals surface area contributed by atoms with Crippen LogP contribution in [0.2, 0.25) is 0 Å². The summed E-state index contributed by atoms with van der Waals surface area (Å²) in [6.45, 7) is 10.4. The average molecular weight is 525 g/mol. The fourth-order valence-electron chi connectivity index (χ4n) is 3.73. The molecule has 0 bridgehead atoms. The fraction of sp³-hybridized carbons (Fsp3) is 0.522.